The van der Waals surface area contributed by atoms with E-state index in [2.05, 4.69) is 178 Å². The second-order valence-electron chi connectivity index (χ2n) is 15.9. The summed E-state index contributed by atoms with van der Waals surface area (Å²) in [5, 5.41) is 2.31. The predicted molar refractivity (Wildman–Crippen MR) is 222 cm³/mol. The number of nitrogens with zero attached hydrogens (tertiary/aromatic N) is 5. The van der Waals surface area contributed by atoms with E-state index in [1.54, 1.807) is 0 Å². The monoisotopic (exact) mass is 892 g/mol. The third-order valence-electron chi connectivity index (χ3n) is 11.2. The van der Waals surface area contributed by atoms with E-state index in [1.807, 2.05) is 18.3 Å². The summed E-state index contributed by atoms with van der Waals surface area (Å²) in [6.45, 7) is 11.4. The Balaban J connectivity index is 0.00000397. The Hall–Kier alpha value is -5.77. The van der Waals surface area contributed by atoms with Crippen molar-refractivity contribution in [3.8, 4) is 28.2 Å². The van der Waals surface area contributed by atoms with E-state index in [4.69, 9.17) is 15.0 Å². The maximum atomic E-state index is 5.54. The van der Waals surface area contributed by atoms with Crippen molar-refractivity contribution >= 4 is 50.0 Å². The fraction of sp³-hybridized carbons (Fsp3) is 0.143. The number of aromatic nitrogens is 4. The average molecular weight is 893 g/mol. The molecule has 9 aromatic rings. The van der Waals surface area contributed by atoms with Gasteiger partial charge in [0.25, 0.3) is 0 Å². The first-order valence-electron chi connectivity index (χ1n) is 18.6. The molecule has 0 atom stereocenters. The molecule has 0 aliphatic carbocycles. The van der Waals surface area contributed by atoms with Crippen LogP contribution >= 0.6 is 0 Å². The molecule has 0 fully saturated rings. The van der Waals surface area contributed by atoms with Crippen LogP contribution in [0.25, 0.3) is 61.0 Å². The van der Waals surface area contributed by atoms with Crippen molar-refractivity contribution in [1.82, 2.24) is 19.5 Å². The molecule has 10 rings (SSSR count). The van der Waals surface area contributed by atoms with Crippen LogP contribution in [0.15, 0.2) is 146 Å². The minimum atomic E-state index is -0.233. The number of hydrogen-bond acceptors (Lipinski definition) is 3. The molecule has 6 aromatic carbocycles. The van der Waals surface area contributed by atoms with Gasteiger partial charge in [-0.05, 0) is 74.8 Å². The summed E-state index contributed by atoms with van der Waals surface area (Å²) in [6, 6.07) is 53.3. The zero-order valence-electron chi connectivity index (χ0n) is 31.4. The van der Waals surface area contributed by atoms with Gasteiger partial charge < -0.3 is 9.88 Å². The quantitative estimate of drug-likeness (QED) is 0.165. The second-order valence-corrected chi connectivity index (χ2v) is 15.9. The number of benzene rings is 6. The van der Waals surface area contributed by atoms with Crippen LogP contribution in [0.4, 0.5) is 17.2 Å². The maximum absolute atomic E-state index is 5.54. The molecule has 0 saturated carbocycles. The van der Waals surface area contributed by atoms with Gasteiger partial charge in [0.15, 0.2) is 0 Å². The largest absolute Gasteiger partial charge is 2.00 e. The molecule has 5 nitrogen and oxygen atoms in total. The molecule has 0 amide bonds. The van der Waals surface area contributed by atoms with E-state index in [0.29, 0.717) is 0 Å². The fourth-order valence-corrected chi connectivity index (χ4v) is 8.34. The van der Waals surface area contributed by atoms with Crippen molar-refractivity contribution in [3.05, 3.63) is 168 Å². The Morgan fingerprint density at radius 2 is 1.45 bits per heavy atom. The van der Waals surface area contributed by atoms with E-state index < -0.39 is 0 Å². The number of fused-ring (bicyclic) bond motifs is 6. The zero-order chi connectivity index (χ0) is 36.8. The van der Waals surface area contributed by atoms with Gasteiger partial charge in [-0.3, -0.25) is 4.57 Å². The van der Waals surface area contributed by atoms with Gasteiger partial charge in [0.1, 0.15) is 11.6 Å². The van der Waals surface area contributed by atoms with E-state index in [0.717, 1.165) is 72.8 Å². The minimum Gasteiger partial charge on any atom is -0.656 e. The number of imidazole rings is 1. The Labute approximate surface area is 336 Å². The van der Waals surface area contributed by atoms with Crippen LogP contribution in [-0.4, -0.2) is 14.5 Å². The maximum Gasteiger partial charge on any atom is 2.00 e. The van der Waals surface area contributed by atoms with Crippen molar-refractivity contribution in [2.75, 3.05) is 4.90 Å². The number of pyridine rings is 1. The molecular weight excluding hydrogens is 854 g/mol. The van der Waals surface area contributed by atoms with Gasteiger partial charge in [-0.1, -0.05) is 137 Å². The SMILES string of the molecule is CC(C)(C)c1ccc2[n-]c3c(-c4nc5c(-c6[c-]c7c(cc6)C(C)(C)c6ccccc6N7c6ccccn6)cccc5n4-c4ccccc4)cccc3c2c1.[Pt+2]. The van der Waals surface area contributed by atoms with Crippen molar-refractivity contribution in [1.29, 1.82) is 0 Å². The molecule has 3 aromatic heterocycles. The van der Waals surface area contributed by atoms with E-state index >= 15 is 0 Å². The van der Waals surface area contributed by atoms with Crippen molar-refractivity contribution < 1.29 is 21.1 Å². The van der Waals surface area contributed by atoms with Crippen LogP contribution in [-0.2, 0) is 31.9 Å². The minimum absolute atomic E-state index is 0. The van der Waals surface area contributed by atoms with Crippen LogP contribution in [0, 0.1) is 6.07 Å². The number of hydrogen-bond donors (Lipinski definition) is 0. The summed E-state index contributed by atoms with van der Waals surface area (Å²) in [6.07, 6.45) is 1.86. The Bertz CT molecular complexity index is 2900. The Kier molecular flexibility index (Phi) is 8.22. The summed E-state index contributed by atoms with van der Waals surface area (Å²) >= 11 is 0. The van der Waals surface area contributed by atoms with Gasteiger partial charge >= 0.3 is 21.1 Å². The van der Waals surface area contributed by atoms with E-state index in [1.165, 1.54) is 22.1 Å². The molecule has 1 aliphatic heterocycles. The first-order chi connectivity index (χ1) is 26.2. The normalized spacial score (nSPS) is 13.5. The van der Waals surface area contributed by atoms with Crippen LogP contribution in [0.5, 0.6) is 0 Å². The summed E-state index contributed by atoms with van der Waals surface area (Å²) in [7, 11) is 0. The summed E-state index contributed by atoms with van der Waals surface area (Å²) in [5.74, 6) is 1.72. The van der Waals surface area contributed by atoms with Gasteiger partial charge in [-0.2, -0.15) is 0 Å². The molecule has 0 saturated heterocycles. The Morgan fingerprint density at radius 3 is 2.25 bits per heavy atom. The second kappa shape index (κ2) is 12.9. The van der Waals surface area contributed by atoms with Gasteiger partial charge in [-0.15, -0.1) is 34.8 Å². The van der Waals surface area contributed by atoms with Gasteiger partial charge in [0, 0.05) is 23.1 Å². The molecule has 0 unspecified atom stereocenters. The first kappa shape index (κ1) is 35.0. The van der Waals surface area contributed by atoms with E-state index in [9.17, 15) is 0 Å². The third-order valence-corrected chi connectivity index (χ3v) is 11.2. The van der Waals surface area contributed by atoms with Gasteiger partial charge in [-0.25, -0.2) is 9.97 Å². The van der Waals surface area contributed by atoms with Crippen LogP contribution in [0.1, 0.15) is 51.3 Å². The number of rotatable bonds is 4. The topological polar surface area (TPSA) is 48.1 Å². The average Bonchev–Trinajstić information content (AvgIpc) is 3.77. The van der Waals surface area contributed by atoms with Crippen LogP contribution < -0.4 is 9.88 Å². The molecule has 0 bridgehead atoms. The molecule has 0 spiro atoms. The molecule has 0 radical (unpaired) electrons. The standard InChI is InChI=1S/C49H39N5.Pt/c1-48(2,3)32-25-27-40-37(30-32)35-18-13-19-36(45(35)51-40)47-52-46-34(17-14-22-42(46)53(47)33-15-7-6-8-16-33)31-24-26-39-43(29-31)54(44-23-11-12-28-50-44)41-21-10-9-20-38(41)49(39,4)5;/h6-28,30H,1-5H3;/q-2;+2. The first-order valence-corrected chi connectivity index (χ1v) is 18.6. The van der Waals surface area contributed by atoms with E-state index in [-0.39, 0.29) is 31.9 Å². The van der Waals surface area contributed by atoms with Gasteiger partial charge in [0.2, 0.25) is 0 Å². The van der Waals surface area contributed by atoms with Crippen LogP contribution in [0.2, 0.25) is 0 Å². The van der Waals surface area contributed by atoms with Crippen molar-refractivity contribution in [3.63, 3.8) is 0 Å². The molecular formula is C49H39N5Pt. The smallest absolute Gasteiger partial charge is 0.656 e. The Morgan fingerprint density at radius 1 is 0.691 bits per heavy atom. The molecule has 55 heavy (non-hydrogen) atoms. The number of para-hydroxylation sites is 4. The fourth-order valence-electron chi connectivity index (χ4n) is 8.34. The molecule has 0 N–H and O–H groups in total. The molecule has 270 valence electrons. The summed E-state index contributed by atoms with van der Waals surface area (Å²) in [4.78, 5) is 17.9. The molecule has 6 heteroatoms. The predicted octanol–water partition coefficient (Wildman–Crippen LogP) is 12.2. The third kappa shape index (κ3) is 5.47. The van der Waals surface area contributed by atoms with Crippen molar-refractivity contribution in [2.45, 2.75) is 45.4 Å². The molecule has 1 aliphatic rings. The van der Waals surface area contributed by atoms with Crippen molar-refractivity contribution in [2.24, 2.45) is 0 Å². The zero-order valence-corrected chi connectivity index (χ0v) is 33.7. The van der Waals surface area contributed by atoms with Crippen LogP contribution in [0.3, 0.4) is 0 Å². The summed E-state index contributed by atoms with van der Waals surface area (Å²) in [5.41, 5.74) is 13.6. The summed E-state index contributed by atoms with van der Waals surface area (Å²) < 4.78 is 2.28. The number of anilines is 3. The molecule has 4 heterocycles. The van der Waals surface area contributed by atoms with Gasteiger partial charge in [0.05, 0.1) is 11.0 Å².